The highest BCUT2D eigenvalue weighted by molar-refractivity contribution is 5.77. The number of carbonyl (C=O) groups excluding carboxylic acids is 2. The summed E-state index contributed by atoms with van der Waals surface area (Å²) in [5.41, 5.74) is 0.490. The summed E-state index contributed by atoms with van der Waals surface area (Å²) >= 11 is 0. The number of amides is 1. The minimum Gasteiger partial charge on any atom is -0.483 e. The zero-order chi connectivity index (χ0) is 19.3. The lowest BCUT2D eigenvalue weighted by Crippen LogP contribution is -2.34. The second-order valence-electron chi connectivity index (χ2n) is 6.63. The van der Waals surface area contributed by atoms with Crippen molar-refractivity contribution >= 4 is 18.7 Å². The van der Waals surface area contributed by atoms with Crippen LogP contribution in [0.1, 0.15) is 54.4 Å². The molecule has 0 bridgehead atoms. The van der Waals surface area contributed by atoms with E-state index in [4.69, 9.17) is 19.4 Å². The SMILES string of the molecule is CC=O.CCC.CO[C@H](C)CC(=O)N1CC2C(C1)C2(C)C.O=CO. The largest absolute Gasteiger partial charge is 0.483 e. The van der Waals surface area contributed by atoms with Crippen LogP contribution in [0.25, 0.3) is 0 Å². The van der Waals surface area contributed by atoms with Gasteiger partial charge in [0.2, 0.25) is 5.91 Å². The number of methoxy groups -OCH3 is 1. The van der Waals surface area contributed by atoms with E-state index in [2.05, 4.69) is 27.7 Å². The number of rotatable bonds is 3. The van der Waals surface area contributed by atoms with Gasteiger partial charge in [0.1, 0.15) is 6.29 Å². The van der Waals surface area contributed by atoms with Crippen LogP contribution in [0.15, 0.2) is 0 Å². The molecular weight excluding hydrogens is 310 g/mol. The van der Waals surface area contributed by atoms with Gasteiger partial charge < -0.3 is 19.5 Å². The third-order valence-electron chi connectivity index (χ3n) is 4.34. The summed E-state index contributed by atoms with van der Waals surface area (Å²) in [6, 6.07) is 0. The first-order chi connectivity index (χ1) is 11.2. The third kappa shape index (κ3) is 8.43. The lowest BCUT2D eigenvalue weighted by molar-refractivity contribution is -0.133. The average molecular weight is 345 g/mol. The molecule has 2 aliphatic rings. The van der Waals surface area contributed by atoms with Gasteiger partial charge in [-0.25, -0.2) is 0 Å². The average Bonchev–Trinajstić information content (AvgIpc) is 2.88. The van der Waals surface area contributed by atoms with E-state index in [1.165, 1.54) is 13.3 Å². The Morgan fingerprint density at radius 2 is 1.62 bits per heavy atom. The van der Waals surface area contributed by atoms with Crippen molar-refractivity contribution in [2.75, 3.05) is 20.2 Å². The van der Waals surface area contributed by atoms with Crippen LogP contribution >= 0.6 is 0 Å². The Morgan fingerprint density at radius 1 is 1.29 bits per heavy atom. The molecule has 0 aromatic carbocycles. The maximum absolute atomic E-state index is 11.8. The molecule has 0 spiro atoms. The summed E-state index contributed by atoms with van der Waals surface area (Å²) in [5.74, 6) is 1.76. The predicted molar refractivity (Wildman–Crippen MR) is 94.8 cm³/mol. The molecule has 1 saturated carbocycles. The van der Waals surface area contributed by atoms with Crippen molar-refractivity contribution in [2.45, 2.75) is 60.5 Å². The Kier molecular flexibility index (Phi) is 13.4. The van der Waals surface area contributed by atoms with Gasteiger partial charge in [0.05, 0.1) is 12.5 Å². The molecule has 1 aliphatic carbocycles. The van der Waals surface area contributed by atoms with E-state index in [9.17, 15) is 4.79 Å². The first kappa shape index (κ1) is 24.8. The van der Waals surface area contributed by atoms with Gasteiger partial charge in [-0.2, -0.15) is 0 Å². The molecule has 2 unspecified atom stereocenters. The van der Waals surface area contributed by atoms with Crippen molar-refractivity contribution in [2.24, 2.45) is 17.3 Å². The van der Waals surface area contributed by atoms with Crippen molar-refractivity contribution in [1.82, 2.24) is 4.90 Å². The van der Waals surface area contributed by atoms with Gasteiger partial charge in [-0.15, -0.1) is 0 Å². The summed E-state index contributed by atoms with van der Waals surface area (Å²) < 4.78 is 5.11. The lowest BCUT2D eigenvalue weighted by Gasteiger charge is -2.23. The van der Waals surface area contributed by atoms with E-state index in [1.54, 1.807) is 7.11 Å². The van der Waals surface area contributed by atoms with Crippen LogP contribution in [-0.2, 0) is 19.1 Å². The summed E-state index contributed by atoms with van der Waals surface area (Å²) in [7, 11) is 1.66. The van der Waals surface area contributed by atoms with E-state index in [0.29, 0.717) is 11.8 Å². The number of carboxylic acid groups (broad SMARTS) is 1. The number of nitrogens with zero attached hydrogens (tertiary/aromatic N) is 1. The summed E-state index contributed by atoms with van der Waals surface area (Å²) in [6.07, 6.45) is 2.57. The van der Waals surface area contributed by atoms with E-state index >= 15 is 0 Å². The van der Waals surface area contributed by atoms with Gasteiger partial charge in [-0.3, -0.25) is 9.59 Å². The third-order valence-corrected chi connectivity index (χ3v) is 4.34. The fourth-order valence-corrected chi connectivity index (χ4v) is 2.79. The fraction of sp³-hybridized carbons (Fsp3) is 0.833. The molecule has 1 heterocycles. The van der Waals surface area contributed by atoms with E-state index < -0.39 is 0 Å². The normalized spacial score (nSPS) is 22.9. The van der Waals surface area contributed by atoms with Crippen LogP contribution in [0.3, 0.4) is 0 Å². The standard InChI is InChI=1S/C12H21NO2.C3H8.C2H4O.CH2O2/c1-8(15-4)5-11(14)13-6-9-10(7-13)12(9,2)3;1-3-2;1-2-3;2-1-3/h8-10H,5-7H2,1-4H3;3H2,1-2H3;2H,1H3;1H,(H,2,3)/t8-,9?,10?;;;/m1.../s1. The van der Waals surface area contributed by atoms with Crippen molar-refractivity contribution < 1.29 is 24.2 Å². The summed E-state index contributed by atoms with van der Waals surface area (Å²) in [5, 5.41) is 6.89. The Labute approximate surface area is 146 Å². The molecule has 0 aromatic heterocycles. The van der Waals surface area contributed by atoms with Crippen LogP contribution in [0.4, 0.5) is 0 Å². The molecular formula is C18H35NO5. The molecule has 2 rings (SSSR count). The maximum Gasteiger partial charge on any atom is 0.290 e. The quantitative estimate of drug-likeness (QED) is 0.795. The molecule has 142 valence electrons. The monoisotopic (exact) mass is 345 g/mol. The Morgan fingerprint density at radius 3 is 1.92 bits per heavy atom. The molecule has 1 aliphatic heterocycles. The minimum absolute atomic E-state index is 0.0439. The van der Waals surface area contributed by atoms with Gasteiger partial charge in [-0.05, 0) is 31.1 Å². The van der Waals surface area contributed by atoms with Crippen molar-refractivity contribution in [3.8, 4) is 0 Å². The van der Waals surface area contributed by atoms with Gasteiger partial charge in [0.15, 0.2) is 0 Å². The highest BCUT2D eigenvalue weighted by Gasteiger charge is 2.62. The van der Waals surface area contributed by atoms with Gasteiger partial charge in [0, 0.05) is 20.2 Å². The van der Waals surface area contributed by atoms with Crippen LogP contribution in [0, 0.1) is 17.3 Å². The minimum atomic E-state index is -0.250. The van der Waals surface area contributed by atoms with Crippen molar-refractivity contribution in [1.29, 1.82) is 0 Å². The van der Waals surface area contributed by atoms with Crippen LogP contribution in [-0.4, -0.2) is 55.0 Å². The molecule has 1 saturated heterocycles. The second kappa shape index (κ2) is 12.9. The number of hydrogen-bond acceptors (Lipinski definition) is 4. The Bertz CT molecular complexity index is 350. The number of aldehydes is 1. The van der Waals surface area contributed by atoms with Gasteiger partial charge in [0.25, 0.3) is 6.47 Å². The van der Waals surface area contributed by atoms with E-state index in [1.807, 2.05) is 11.8 Å². The number of fused-ring (bicyclic) bond motifs is 1. The Hall–Kier alpha value is -1.43. The summed E-state index contributed by atoms with van der Waals surface area (Å²) in [4.78, 5) is 31.0. The molecule has 6 heteroatoms. The number of carbonyl (C=O) groups is 3. The van der Waals surface area contributed by atoms with Crippen LogP contribution < -0.4 is 0 Å². The second-order valence-corrected chi connectivity index (χ2v) is 6.63. The highest BCUT2D eigenvalue weighted by atomic mass is 16.5. The first-order valence-corrected chi connectivity index (χ1v) is 8.49. The molecule has 0 aromatic rings. The molecule has 6 nitrogen and oxygen atoms in total. The number of hydrogen-bond donors (Lipinski definition) is 1. The van der Waals surface area contributed by atoms with E-state index in [0.717, 1.165) is 31.2 Å². The number of ether oxygens (including phenoxy) is 1. The summed E-state index contributed by atoms with van der Waals surface area (Å²) in [6.45, 7) is 13.9. The van der Waals surface area contributed by atoms with Gasteiger partial charge >= 0.3 is 0 Å². The molecule has 1 N–H and O–H groups in total. The predicted octanol–water partition coefficient (Wildman–Crippen LogP) is 2.85. The van der Waals surface area contributed by atoms with E-state index in [-0.39, 0.29) is 18.5 Å². The topological polar surface area (TPSA) is 83.9 Å². The maximum atomic E-state index is 11.8. The van der Waals surface area contributed by atoms with Crippen LogP contribution in [0.5, 0.6) is 0 Å². The van der Waals surface area contributed by atoms with Crippen LogP contribution in [0.2, 0.25) is 0 Å². The molecule has 3 atom stereocenters. The molecule has 0 radical (unpaired) electrons. The van der Waals surface area contributed by atoms with Gasteiger partial charge in [-0.1, -0.05) is 34.1 Å². The Balaban J connectivity index is 0. The molecule has 1 amide bonds. The zero-order valence-electron chi connectivity index (χ0n) is 16.2. The lowest BCUT2D eigenvalue weighted by atomic mass is 10.1. The first-order valence-electron chi connectivity index (χ1n) is 8.49. The van der Waals surface area contributed by atoms with Crippen molar-refractivity contribution in [3.63, 3.8) is 0 Å². The van der Waals surface area contributed by atoms with Crippen molar-refractivity contribution in [3.05, 3.63) is 0 Å². The smallest absolute Gasteiger partial charge is 0.290 e. The number of likely N-dealkylation sites (tertiary alicyclic amines) is 1. The molecule has 2 fully saturated rings. The zero-order valence-corrected chi connectivity index (χ0v) is 16.2. The number of piperidine rings is 1. The molecule has 24 heavy (non-hydrogen) atoms. The highest BCUT2D eigenvalue weighted by Crippen LogP contribution is 2.61. The fourth-order valence-electron chi connectivity index (χ4n) is 2.79.